The third-order valence-corrected chi connectivity index (χ3v) is 5.50. The van der Waals surface area contributed by atoms with Gasteiger partial charge in [-0.05, 0) is 61.3 Å². The average molecular weight is 325 g/mol. The van der Waals surface area contributed by atoms with Gasteiger partial charge in [-0.2, -0.15) is 4.98 Å². The van der Waals surface area contributed by atoms with Crippen LogP contribution in [0.15, 0.2) is 28.8 Å². The summed E-state index contributed by atoms with van der Waals surface area (Å²) < 4.78 is 5.32. The van der Waals surface area contributed by atoms with E-state index in [1.54, 1.807) is 0 Å². The Morgan fingerprint density at radius 1 is 1.29 bits per heavy atom. The molecule has 2 aliphatic carbocycles. The average Bonchev–Trinajstić information content (AvgIpc) is 3.52. The summed E-state index contributed by atoms with van der Waals surface area (Å²) in [6, 6.07) is 7.38. The van der Waals surface area contributed by atoms with Crippen LogP contribution in [0.25, 0.3) is 11.5 Å². The van der Waals surface area contributed by atoms with Gasteiger partial charge in [0.1, 0.15) is 0 Å². The highest BCUT2D eigenvalue weighted by Gasteiger charge is 2.45. The van der Waals surface area contributed by atoms with Crippen LogP contribution in [-0.2, 0) is 0 Å². The molecule has 126 valence electrons. The summed E-state index contributed by atoms with van der Waals surface area (Å²) in [6.07, 6.45) is 4.72. The molecule has 0 unspecified atom stereocenters. The quantitative estimate of drug-likeness (QED) is 0.877. The number of carbonyl (C=O) groups excluding carboxylic acids is 1. The van der Waals surface area contributed by atoms with Crippen LogP contribution < -0.4 is 5.32 Å². The molecule has 1 N–H and O–H groups in total. The summed E-state index contributed by atoms with van der Waals surface area (Å²) in [4.78, 5) is 16.8. The van der Waals surface area contributed by atoms with Gasteiger partial charge in [0.15, 0.2) is 5.82 Å². The fraction of sp³-hybridized carbons (Fsp3) is 0.526. The predicted molar refractivity (Wildman–Crippen MR) is 90.5 cm³/mol. The monoisotopic (exact) mass is 325 g/mol. The Bertz CT molecular complexity index is 740. The summed E-state index contributed by atoms with van der Waals surface area (Å²) in [7, 11) is 0. The van der Waals surface area contributed by atoms with Gasteiger partial charge >= 0.3 is 0 Å². The first kappa shape index (κ1) is 15.4. The highest BCUT2D eigenvalue weighted by molar-refractivity contribution is 5.94. The summed E-state index contributed by atoms with van der Waals surface area (Å²) in [5.74, 6) is 2.40. The first-order chi connectivity index (χ1) is 11.6. The van der Waals surface area contributed by atoms with Crippen molar-refractivity contribution in [1.82, 2.24) is 15.5 Å². The lowest BCUT2D eigenvalue weighted by atomic mass is 9.92. The molecule has 0 spiro atoms. The maximum Gasteiger partial charge on any atom is 0.257 e. The highest BCUT2D eigenvalue weighted by atomic mass is 16.5. The van der Waals surface area contributed by atoms with E-state index in [1.807, 2.05) is 24.3 Å². The third-order valence-electron chi connectivity index (χ3n) is 5.50. The van der Waals surface area contributed by atoms with E-state index in [0.29, 0.717) is 28.7 Å². The SMILES string of the molecule is CC(C)C1(CNC(=O)c2ccc(-c3nc(C4CC4)no3)cc2)CC1. The molecule has 0 saturated heterocycles. The Morgan fingerprint density at radius 3 is 2.58 bits per heavy atom. The van der Waals surface area contributed by atoms with Crippen LogP contribution in [0.4, 0.5) is 0 Å². The van der Waals surface area contributed by atoms with Gasteiger partial charge in [0, 0.05) is 23.6 Å². The lowest BCUT2D eigenvalue weighted by Gasteiger charge is -2.20. The van der Waals surface area contributed by atoms with Gasteiger partial charge in [-0.1, -0.05) is 19.0 Å². The van der Waals surface area contributed by atoms with Gasteiger partial charge in [-0.25, -0.2) is 0 Å². The molecule has 0 atom stereocenters. The predicted octanol–water partition coefficient (Wildman–Crippen LogP) is 3.78. The van der Waals surface area contributed by atoms with Crippen LogP contribution in [-0.4, -0.2) is 22.6 Å². The lowest BCUT2D eigenvalue weighted by molar-refractivity contribution is 0.0940. The zero-order valence-electron chi connectivity index (χ0n) is 14.2. The first-order valence-electron chi connectivity index (χ1n) is 8.80. The fourth-order valence-corrected chi connectivity index (χ4v) is 3.10. The fourth-order valence-electron chi connectivity index (χ4n) is 3.10. The van der Waals surface area contributed by atoms with Crippen LogP contribution in [0.5, 0.6) is 0 Å². The van der Waals surface area contributed by atoms with Crippen molar-refractivity contribution in [3.8, 4) is 11.5 Å². The van der Waals surface area contributed by atoms with E-state index in [4.69, 9.17) is 4.52 Å². The Morgan fingerprint density at radius 2 is 2.00 bits per heavy atom. The molecule has 4 rings (SSSR count). The summed E-state index contributed by atoms with van der Waals surface area (Å²) in [5.41, 5.74) is 1.84. The van der Waals surface area contributed by atoms with Crippen molar-refractivity contribution in [2.45, 2.75) is 45.4 Å². The molecule has 5 heteroatoms. The molecule has 2 fully saturated rings. The summed E-state index contributed by atoms with van der Waals surface area (Å²) in [6.45, 7) is 5.22. The Labute approximate surface area is 141 Å². The molecule has 0 radical (unpaired) electrons. The zero-order valence-corrected chi connectivity index (χ0v) is 14.2. The van der Waals surface area contributed by atoms with Gasteiger partial charge in [0.25, 0.3) is 11.8 Å². The van der Waals surface area contributed by atoms with Crippen LogP contribution >= 0.6 is 0 Å². The normalized spacial score (nSPS) is 18.6. The van der Waals surface area contributed by atoms with Crippen molar-refractivity contribution in [3.05, 3.63) is 35.7 Å². The van der Waals surface area contributed by atoms with Crippen molar-refractivity contribution in [3.63, 3.8) is 0 Å². The van der Waals surface area contributed by atoms with E-state index in [1.165, 1.54) is 12.8 Å². The second kappa shape index (κ2) is 5.72. The minimum Gasteiger partial charge on any atom is -0.351 e. The van der Waals surface area contributed by atoms with E-state index >= 15 is 0 Å². The molecule has 1 amide bonds. The summed E-state index contributed by atoms with van der Waals surface area (Å²) >= 11 is 0. The number of aromatic nitrogens is 2. The van der Waals surface area contributed by atoms with E-state index in [-0.39, 0.29) is 5.91 Å². The Balaban J connectivity index is 1.40. The van der Waals surface area contributed by atoms with Gasteiger partial charge in [-0.3, -0.25) is 4.79 Å². The topological polar surface area (TPSA) is 68.0 Å². The van der Waals surface area contributed by atoms with E-state index in [0.717, 1.165) is 30.8 Å². The van der Waals surface area contributed by atoms with Crippen LogP contribution in [0.1, 0.15) is 61.6 Å². The maximum absolute atomic E-state index is 12.3. The second-order valence-electron chi connectivity index (χ2n) is 7.51. The largest absolute Gasteiger partial charge is 0.351 e. The molecule has 0 aliphatic heterocycles. The van der Waals surface area contributed by atoms with Gasteiger partial charge in [0.05, 0.1) is 0 Å². The number of nitrogens with zero attached hydrogens (tertiary/aromatic N) is 2. The minimum atomic E-state index is -0.0160. The van der Waals surface area contributed by atoms with Crippen LogP contribution in [0.2, 0.25) is 0 Å². The molecular weight excluding hydrogens is 302 g/mol. The molecule has 1 heterocycles. The van der Waals surface area contributed by atoms with Crippen LogP contribution in [0.3, 0.4) is 0 Å². The maximum atomic E-state index is 12.3. The number of carbonyl (C=O) groups is 1. The standard InChI is InChI=1S/C19H23N3O2/c1-12(2)19(9-10-19)11-20-17(23)14-5-7-15(8-6-14)18-21-16(22-24-18)13-3-4-13/h5-8,12-13H,3-4,9-11H2,1-2H3,(H,20,23). The highest BCUT2D eigenvalue weighted by Crippen LogP contribution is 2.51. The number of amides is 1. The minimum absolute atomic E-state index is 0.0160. The second-order valence-corrected chi connectivity index (χ2v) is 7.51. The Hall–Kier alpha value is -2.17. The molecule has 1 aromatic heterocycles. The molecule has 2 aliphatic rings. The molecule has 2 aromatic rings. The smallest absolute Gasteiger partial charge is 0.257 e. The van der Waals surface area contributed by atoms with E-state index < -0.39 is 0 Å². The third kappa shape index (κ3) is 2.95. The van der Waals surface area contributed by atoms with Gasteiger partial charge < -0.3 is 9.84 Å². The number of hydrogen-bond donors (Lipinski definition) is 1. The zero-order chi connectivity index (χ0) is 16.7. The van der Waals surface area contributed by atoms with Crippen molar-refractivity contribution in [1.29, 1.82) is 0 Å². The van der Waals surface area contributed by atoms with Crippen molar-refractivity contribution < 1.29 is 9.32 Å². The number of rotatable bonds is 6. The summed E-state index contributed by atoms with van der Waals surface area (Å²) in [5, 5.41) is 7.11. The number of hydrogen-bond acceptors (Lipinski definition) is 4. The van der Waals surface area contributed by atoms with Crippen molar-refractivity contribution in [2.75, 3.05) is 6.54 Å². The molecule has 5 nitrogen and oxygen atoms in total. The molecule has 0 bridgehead atoms. The molecule has 2 saturated carbocycles. The van der Waals surface area contributed by atoms with Gasteiger partial charge in [0.2, 0.25) is 0 Å². The van der Waals surface area contributed by atoms with Crippen molar-refractivity contribution in [2.24, 2.45) is 11.3 Å². The first-order valence-corrected chi connectivity index (χ1v) is 8.80. The van der Waals surface area contributed by atoms with Crippen molar-refractivity contribution >= 4 is 5.91 Å². The van der Waals surface area contributed by atoms with E-state index in [9.17, 15) is 4.79 Å². The Kier molecular flexibility index (Phi) is 3.66. The van der Waals surface area contributed by atoms with Gasteiger partial charge in [-0.15, -0.1) is 0 Å². The molecule has 1 aromatic carbocycles. The number of benzene rings is 1. The molecular formula is C19H23N3O2. The van der Waals surface area contributed by atoms with Crippen LogP contribution in [0, 0.1) is 11.3 Å². The lowest BCUT2D eigenvalue weighted by Crippen LogP contribution is -2.32. The molecule has 24 heavy (non-hydrogen) atoms. The number of nitrogens with one attached hydrogen (secondary N) is 1. The van der Waals surface area contributed by atoms with E-state index in [2.05, 4.69) is 29.3 Å².